The standard InChI is InChI=1S/C12H20O2/c1-9-10-4-2-3-6-12(10,8-13)7-5-11(9)14/h11,13-14H,2-8H2,1H3. The normalized spacial score (nSPS) is 38.4. The van der Waals surface area contributed by atoms with Crippen molar-refractivity contribution in [2.24, 2.45) is 5.41 Å². The van der Waals surface area contributed by atoms with Gasteiger partial charge in [0.25, 0.3) is 0 Å². The minimum atomic E-state index is -0.247. The van der Waals surface area contributed by atoms with Crippen molar-refractivity contribution >= 4 is 0 Å². The molecule has 0 heterocycles. The van der Waals surface area contributed by atoms with Gasteiger partial charge in [0.2, 0.25) is 0 Å². The first-order valence-corrected chi connectivity index (χ1v) is 5.69. The third-order valence-electron chi connectivity index (χ3n) is 4.15. The predicted octanol–water partition coefficient (Wildman–Crippen LogP) is 2.01. The van der Waals surface area contributed by atoms with Crippen molar-refractivity contribution in [3.8, 4) is 0 Å². The Bertz CT molecular complexity index is 257. The van der Waals surface area contributed by atoms with Crippen molar-refractivity contribution in [3.63, 3.8) is 0 Å². The molecule has 2 aliphatic carbocycles. The zero-order valence-corrected chi connectivity index (χ0v) is 8.92. The smallest absolute Gasteiger partial charge is 0.0750 e. The van der Waals surface area contributed by atoms with Gasteiger partial charge in [0.15, 0.2) is 0 Å². The van der Waals surface area contributed by atoms with E-state index in [2.05, 4.69) is 0 Å². The van der Waals surface area contributed by atoms with Crippen LogP contribution in [0.3, 0.4) is 0 Å². The molecule has 2 nitrogen and oxygen atoms in total. The van der Waals surface area contributed by atoms with E-state index in [1.165, 1.54) is 18.4 Å². The van der Waals surface area contributed by atoms with E-state index < -0.39 is 0 Å². The third-order valence-corrected chi connectivity index (χ3v) is 4.15. The highest BCUT2D eigenvalue weighted by Crippen LogP contribution is 2.49. The molecule has 0 saturated heterocycles. The van der Waals surface area contributed by atoms with E-state index in [4.69, 9.17) is 0 Å². The zero-order chi connectivity index (χ0) is 10.2. The Morgan fingerprint density at radius 1 is 1.36 bits per heavy atom. The number of fused-ring (bicyclic) bond motifs is 1. The molecule has 2 N–H and O–H groups in total. The summed E-state index contributed by atoms with van der Waals surface area (Å²) >= 11 is 0. The topological polar surface area (TPSA) is 40.5 Å². The second-order valence-corrected chi connectivity index (χ2v) is 4.86. The molecular formula is C12H20O2. The second kappa shape index (κ2) is 3.67. The number of hydrogen-bond acceptors (Lipinski definition) is 2. The zero-order valence-electron chi connectivity index (χ0n) is 8.92. The molecule has 80 valence electrons. The monoisotopic (exact) mass is 196 g/mol. The van der Waals surface area contributed by atoms with Crippen LogP contribution >= 0.6 is 0 Å². The van der Waals surface area contributed by atoms with Gasteiger partial charge in [0, 0.05) is 5.41 Å². The fraction of sp³-hybridized carbons (Fsp3) is 0.833. The van der Waals surface area contributed by atoms with Gasteiger partial charge >= 0.3 is 0 Å². The van der Waals surface area contributed by atoms with Gasteiger partial charge in [-0.1, -0.05) is 12.0 Å². The van der Waals surface area contributed by atoms with Gasteiger partial charge in [-0.15, -0.1) is 0 Å². The number of hydrogen-bond donors (Lipinski definition) is 2. The third kappa shape index (κ3) is 1.41. The minimum absolute atomic E-state index is 0.0432. The second-order valence-electron chi connectivity index (χ2n) is 4.86. The summed E-state index contributed by atoms with van der Waals surface area (Å²) in [6.07, 6.45) is 6.21. The molecule has 0 amide bonds. The molecule has 2 aliphatic rings. The average molecular weight is 196 g/mol. The highest BCUT2D eigenvalue weighted by Gasteiger charge is 2.40. The van der Waals surface area contributed by atoms with Crippen LogP contribution in [-0.4, -0.2) is 22.9 Å². The van der Waals surface area contributed by atoms with E-state index in [1.807, 2.05) is 6.92 Å². The van der Waals surface area contributed by atoms with E-state index in [0.29, 0.717) is 0 Å². The molecule has 0 spiro atoms. The van der Waals surface area contributed by atoms with Crippen molar-refractivity contribution in [2.45, 2.75) is 51.6 Å². The van der Waals surface area contributed by atoms with Crippen LogP contribution in [0.5, 0.6) is 0 Å². The van der Waals surface area contributed by atoms with Gasteiger partial charge in [0.05, 0.1) is 12.7 Å². The summed E-state index contributed by atoms with van der Waals surface area (Å²) in [6, 6.07) is 0. The maximum absolute atomic E-state index is 9.79. The van der Waals surface area contributed by atoms with E-state index in [1.54, 1.807) is 0 Å². The lowest BCUT2D eigenvalue weighted by Gasteiger charge is -2.44. The Labute approximate surface area is 85.6 Å². The van der Waals surface area contributed by atoms with Crippen molar-refractivity contribution in [2.75, 3.05) is 6.61 Å². The fourth-order valence-electron chi connectivity index (χ4n) is 3.16. The SMILES string of the molecule is CC1=C2CCCCC2(CO)CCC1O. The van der Waals surface area contributed by atoms with Crippen LogP contribution in [0.1, 0.15) is 45.4 Å². The Morgan fingerprint density at radius 3 is 2.86 bits per heavy atom. The van der Waals surface area contributed by atoms with Crippen molar-refractivity contribution < 1.29 is 10.2 Å². The first kappa shape index (κ1) is 10.2. The molecule has 0 aromatic carbocycles. The molecule has 0 bridgehead atoms. The van der Waals surface area contributed by atoms with Gasteiger partial charge in [0.1, 0.15) is 0 Å². The Hall–Kier alpha value is -0.340. The highest BCUT2D eigenvalue weighted by atomic mass is 16.3. The molecule has 0 aromatic rings. The van der Waals surface area contributed by atoms with Gasteiger partial charge < -0.3 is 10.2 Å². The Kier molecular flexibility index (Phi) is 2.67. The van der Waals surface area contributed by atoms with Crippen molar-refractivity contribution in [1.29, 1.82) is 0 Å². The maximum Gasteiger partial charge on any atom is 0.0750 e. The van der Waals surface area contributed by atoms with E-state index in [0.717, 1.165) is 31.3 Å². The summed E-state index contributed by atoms with van der Waals surface area (Å²) in [5.74, 6) is 0. The summed E-state index contributed by atoms with van der Waals surface area (Å²) in [6.45, 7) is 2.31. The predicted molar refractivity (Wildman–Crippen MR) is 55.9 cm³/mol. The summed E-state index contributed by atoms with van der Waals surface area (Å²) in [4.78, 5) is 0. The molecule has 14 heavy (non-hydrogen) atoms. The quantitative estimate of drug-likeness (QED) is 0.630. The number of aliphatic hydroxyl groups excluding tert-OH is 2. The molecule has 0 aliphatic heterocycles. The minimum Gasteiger partial charge on any atom is -0.395 e. The summed E-state index contributed by atoms with van der Waals surface area (Å²) in [5.41, 5.74) is 2.55. The largest absolute Gasteiger partial charge is 0.395 e. The average Bonchev–Trinajstić information content (AvgIpc) is 2.24. The summed E-state index contributed by atoms with van der Waals surface area (Å²) in [5, 5.41) is 19.4. The number of aliphatic hydroxyl groups is 2. The first-order valence-electron chi connectivity index (χ1n) is 5.69. The highest BCUT2D eigenvalue weighted by molar-refractivity contribution is 5.28. The van der Waals surface area contributed by atoms with E-state index >= 15 is 0 Å². The van der Waals surface area contributed by atoms with Gasteiger partial charge in [-0.2, -0.15) is 0 Å². The fourth-order valence-corrected chi connectivity index (χ4v) is 3.16. The molecule has 0 radical (unpaired) electrons. The van der Waals surface area contributed by atoms with Crippen LogP contribution in [-0.2, 0) is 0 Å². The molecule has 1 fully saturated rings. The van der Waals surface area contributed by atoms with Crippen molar-refractivity contribution in [1.82, 2.24) is 0 Å². The van der Waals surface area contributed by atoms with Gasteiger partial charge in [-0.25, -0.2) is 0 Å². The lowest BCUT2D eigenvalue weighted by molar-refractivity contribution is 0.0774. The van der Waals surface area contributed by atoms with Crippen molar-refractivity contribution in [3.05, 3.63) is 11.1 Å². The van der Waals surface area contributed by atoms with Gasteiger partial charge in [-0.3, -0.25) is 0 Å². The van der Waals surface area contributed by atoms with Crippen LogP contribution in [0.15, 0.2) is 11.1 Å². The molecule has 2 unspecified atom stereocenters. The lowest BCUT2D eigenvalue weighted by Crippen LogP contribution is -2.37. The Morgan fingerprint density at radius 2 is 2.14 bits per heavy atom. The molecule has 2 atom stereocenters. The van der Waals surface area contributed by atoms with Gasteiger partial charge in [-0.05, 0) is 44.6 Å². The molecule has 2 rings (SSSR count). The number of rotatable bonds is 1. The first-order chi connectivity index (χ1) is 6.69. The van der Waals surface area contributed by atoms with Crippen LogP contribution in [0.4, 0.5) is 0 Å². The van der Waals surface area contributed by atoms with Crippen LogP contribution < -0.4 is 0 Å². The van der Waals surface area contributed by atoms with E-state index in [-0.39, 0.29) is 18.1 Å². The summed E-state index contributed by atoms with van der Waals surface area (Å²) in [7, 11) is 0. The maximum atomic E-state index is 9.79. The van der Waals surface area contributed by atoms with Crippen LogP contribution in [0.2, 0.25) is 0 Å². The molecular weight excluding hydrogens is 176 g/mol. The van der Waals surface area contributed by atoms with E-state index in [9.17, 15) is 10.2 Å². The summed E-state index contributed by atoms with van der Waals surface area (Å²) < 4.78 is 0. The Balaban J connectivity index is 2.36. The molecule has 2 heteroatoms. The van der Waals surface area contributed by atoms with Crippen LogP contribution in [0.25, 0.3) is 0 Å². The van der Waals surface area contributed by atoms with Crippen LogP contribution in [0, 0.1) is 5.41 Å². The molecule has 0 aromatic heterocycles. The molecule has 1 saturated carbocycles. The lowest BCUT2D eigenvalue weighted by atomic mass is 9.63.